The van der Waals surface area contributed by atoms with Crippen molar-refractivity contribution in [2.75, 3.05) is 13.1 Å². The van der Waals surface area contributed by atoms with Gasteiger partial charge in [-0.2, -0.15) is 4.31 Å². The summed E-state index contributed by atoms with van der Waals surface area (Å²) in [7, 11) is -3.60. The van der Waals surface area contributed by atoms with Crippen LogP contribution < -0.4 is 5.73 Å². The molecule has 0 bridgehead atoms. The lowest BCUT2D eigenvalue weighted by molar-refractivity contribution is 0.445. The maximum Gasteiger partial charge on any atom is 0.244 e. The van der Waals surface area contributed by atoms with Crippen LogP contribution in [0.4, 0.5) is 0 Å². The SMILES string of the molecule is CCN(CC)S(=O)(=O)c1cc(C(N)=S)ccc1Cl. The van der Waals surface area contributed by atoms with Crippen LogP contribution in [0.1, 0.15) is 19.4 Å². The molecule has 18 heavy (non-hydrogen) atoms. The van der Waals surface area contributed by atoms with Gasteiger partial charge in [-0.1, -0.05) is 43.7 Å². The number of thiocarbonyl (C=S) groups is 1. The van der Waals surface area contributed by atoms with Crippen molar-refractivity contribution in [3.63, 3.8) is 0 Å². The lowest BCUT2D eigenvalue weighted by Gasteiger charge is -2.19. The first-order valence-corrected chi connectivity index (χ1v) is 7.66. The zero-order valence-electron chi connectivity index (χ0n) is 10.2. The Morgan fingerprint density at radius 3 is 2.39 bits per heavy atom. The maximum absolute atomic E-state index is 12.3. The summed E-state index contributed by atoms with van der Waals surface area (Å²) in [5.74, 6) is 0. The Hall–Kier alpha value is -0.690. The molecule has 1 rings (SSSR count). The number of rotatable bonds is 5. The van der Waals surface area contributed by atoms with Crippen LogP contribution in [0.5, 0.6) is 0 Å². The summed E-state index contributed by atoms with van der Waals surface area (Å²) in [5, 5.41) is 0.168. The van der Waals surface area contributed by atoms with E-state index < -0.39 is 10.0 Å². The van der Waals surface area contributed by atoms with Crippen LogP contribution in [-0.4, -0.2) is 30.8 Å². The highest BCUT2D eigenvalue weighted by Gasteiger charge is 2.24. The summed E-state index contributed by atoms with van der Waals surface area (Å²) in [6, 6.07) is 4.51. The van der Waals surface area contributed by atoms with Crippen LogP contribution in [0.3, 0.4) is 0 Å². The van der Waals surface area contributed by atoms with Crippen molar-refractivity contribution < 1.29 is 8.42 Å². The molecule has 100 valence electrons. The number of halogens is 1. The fraction of sp³-hybridized carbons (Fsp3) is 0.364. The first-order valence-electron chi connectivity index (χ1n) is 5.44. The van der Waals surface area contributed by atoms with Gasteiger partial charge in [0, 0.05) is 18.7 Å². The quantitative estimate of drug-likeness (QED) is 0.845. The molecule has 0 fully saturated rings. The topological polar surface area (TPSA) is 63.4 Å². The monoisotopic (exact) mass is 306 g/mol. The van der Waals surface area contributed by atoms with E-state index in [1.165, 1.54) is 16.4 Å². The van der Waals surface area contributed by atoms with Crippen molar-refractivity contribution in [2.45, 2.75) is 18.7 Å². The maximum atomic E-state index is 12.3. The van der Waals surface area contributed by atoms with E-state index in [1.54, 1.807) is 19.9 Å². The van der Waals surface area contributed by atoms with E-state index >= 15 is 0 Å². The lowest BCUT2D eigenvalue weighted by atomic mass is 10.2. The van der Waals surface area contributed by atoms with Gasteiger partial charge in [0.05, 0.1) is 5.02 Å². The highest BCUT2D eigenvalue weighted by Crippen LogP contribution is 2.25. The molecular formula is C11H15ClN2O2S2. The summed E-state index contributed by atoms with van der Waals surface area (Å²) in [4.78, 5) is 0.181. The summed E-state index contributed by atoms with van der Waals surface area (Å²) >= 11 is 10.8. The van der Waals surface area contributed by atoms with Gasteiger partial charge in [0.15, 0.2) is 0 Å². The zero-order valence-corrected chi connectivity index (χ0v) is 12.6. The predicted molar refractivity (Wildman–Crippen MR) is 77.4 cm³/mol. The molecule has 0 unspecified atom stereocenters. The molecule has 0 aliphatic carbocycles. The summed E-state index contributed by atoms with van der Waals surface area (Å²) in [5.41, 5.74) is 5.98. The number of hydrogen-bond acceptors (Lipinski definition) is 3. The van der Waals surface area contributed by atoms with Gasteiger partial charge in [-0.15, -0.1) is 0 Å². The van der Waals surface area contributed by atoms with Crippen LogP contribution in [0.2, 0.25) is 5.02 Å². The van der Waals surface area contributed by atoms with Crippen LogP contribution in [0.25, 0.3) is 0 Å². The van der Waals surface area contributed by atoms with E-state index in [2.05, 4.69) is 0 Å². The van der Waals surface area contributed by atoms with Gasteiger partial charge in [-0.25, -0.2) is 8.42 Å². The van der Waals surface area contributed by atoms with Gasteiger partial charge in [0.25, 0.3) is 0 Å². The van der Waals surface area contributed by atoms with E-state index in [4.69, 9.17) is 29.6 Å². The molecule has 0 saturated heterocycles. The minimum atomic E-state index is -3.60. The van der Waals surface area contributed by atoms with Crippen molar-refractivity contribution in [1.29, 1.82) is 0 Å². The highest BCUT2D eigenvalue weighted by atomic mass is 35.5. The molecule has 0 aliphatic rings. The molecule has 1 aromatic carbocycles. The van der Waals surface area contributed by atoms with E-state index in [-0.39, 0.29) is 14.9 Å². The van der Waals surface area contributed by atoms with Crippen LogP contribution in [-0.2, 0) is 10.0 Å². The molecule has 0 amide bonds. The van der Waals surface area contributed by atoms with Gasteiger partial charge in [-0.3, -0.25) is 0 Å². The zero-order chi connectivity index (χ0) is 13.9. The smallest absolute Gasteiger partial charge is 0.244 e. The molecule has 7 heteroatoms. The second-order valence-electron chi connectivity index (χ2n) is 3.60. The average Bonchev–Trinajstić information content (AvgIpc) is 2.30. The summed E-state index contributed by atoms with van der Waals surface area (Å²) in [6.45, 7) is 4.30. The number of benzene rings is 1. The van der Waals surface area contributed by atoms with E-state index in [0.717, 1.165) is 0 Å². The van der Waals surface area contributed by atoms with Crippen molar-refractivity contribution >= 4 is 38.8 Å². The van der Waals surface area contributed by atoms with Crippen LogP contribution >= 0.6 is 23.8 Å². The molecule has 0 aliphatic heterocycles. The number of hydrogen-bond donors (Lipinski definition) is 1. The molecule has 0 heterocycles. The second kappa shape index (κ2) is 5.97. The van der Waals surface area contributed by atoms with Gasteiger partial charge in [0.1, 0.15) is 9.88 Å². The van der Waals surface area contributed by atoms with Gasteiger partial charge in [0.2, 0.25) is 10.0 Å². The standard InChI is InChI=1S/C11H15ClN2O2S2/c1-3-14(4-2)18(15,16)10-7-8(11(13)17)5-6-9(10)12/h5-7H,3-4H2,1-2H3,(H2,13,17). The molecule has 1 aromatic rings. The van der Waals surface area contributed by atoms with Crippen molar-refractivity contribution in [2.24, 2.45) is 5.73 Å². The normalized spacial score (nSPS) is 11.8. The summed E-state index contributed by atoms with van der Waals surface area (Å²) in [6.07, 6.45) is 0. The average molecular weight is 307 g/mol. The van der Waals surface area contributed by atoms with Gasteiger partial charge < -0.3 is 5.73 Å². The number of sulfonamides is 1. The Kier molecular flexibility index (Phi) is 5.10. The molecule has 4 nitrogen and oxygen atoms in total. The third kappa shape index (κ3) is 3.00. The Labute approximate surface area is 118 Å². The Balaban J connectivity index is 3.40. The highest BCUT2D eigenvalue weighted by molar-refractivity contribution is 7.89. The van der Waals surface area contributed by atoms with Crippen molar-refractivity contribution in [3.05, 3.63) is 28.8 Å². The third-order valence-corrected chi connectivity index (χ3v) is 5.31. The number of nitrogens with two attached hydrogens (primary N) is 1. The first kappa shape index (κ1) is 15.4. The Bertz CT molecular complexity index is 554. The molecule has 0 atom stereocenters. The predicted octanol–water partition coefficient (Wildman–Crippen LogP) is 2.00. The first-order chi connectivity index (χ1) is 8.34. The molecule has 2 N–H and O–H groups in total. The van der Waals surface area contributed by atoms with Crippen molar-refractivity contribution in [3.8, 4) is 0 Å². The Morgan fingerprint density at radius 1 is 1.39 bits per heavy atom. The van der Waals surface area contributed by atoms with Gasteiger partial charge >= 0.3 is 0 Å². The van der Waals surface area contributed by atoms with Crippen LogP contribution in [0, 0.1) is 0 Å². The van der Waals surface area contributed by atoms with E-state index in [1.807, 2.05) is 0 Å². The molecule has 0 saturated carbocycles. The van der Waals surface area contributed by atoms with Crippen LogP contribution in [0.15, 0.2) is 23.1 Å². The molecule has 0 aromatic heterocycles. The molecule has 0 radical (unpaired) electrons. The minimum Gasteiger partial charge on any atom is -0.389 e. The second-order valence-corrected chi connectivity index (χ2v) is 6.35. The lowest BCUT2D eigenvalue weighted by Crippen LogP contribution is -2.31. The number of nitrogens with zero attached hydrogens (tertiary/aromatic N) is 1. The van der Waals surface area contributed by atoms with E-state index in [9.17, 15) is 8.42 Å². The summed E-state index contributed by atoms with van der Waals surface area (Å²) < 4.78 is 26.0. The fourth-order valence-corrected chi connectivity index (χ4v) is 3.64. The fourth-order valence-electron chi connectivity index (χ4n) is 1.56. The molecular weight excluding hydrogens is 292 g/mol. The molecule has 0 spiro atoms. The minimum absolute atomic E-state index is 0.0400. The van der Waals surface area contributed by atoms with Crippen molar-refractivity contribution in [1.82, 2.24) is 4.31 Å². The van der Waals surface area contributed by atoms with E-state index in [0.29, 0.717) is 18.7 Å². The Morgan fingerprint density at radius 2 is 1.94 bits per heavy atom. The third-order valence-electron chi connectivity index (χ3n) is 2.54. The van der Waals surface area contributed by atoms with Gasteiger partial charge in [-0.05, 0) is 12.1 Å². The largest absolute Gasteiger partial charge is 0.389 e.